The second-order valence-corrected chi connectivity index (χ2v) is 5.82. The van der Waals surface area contributed by atoms with Crippen LogP contribution in [0.4, 0.5) is 5.69 Å². The van der Waals surface area contributed by atoms with E-state index in [1.165, 1.54) is 4.90 Å². The number of nitrogens with one attached hydrogen (secondary N) is 1. The summed E-state index contributed by atoms with van der Waals surface area (Å²) in [4.78, 5) is 38.6. The molecule has 24 heavy (non-hydrogen) atoms. The molecule has 1 saturated heterocycles. The molecule has 1 fully saturated rings. The van der Waals surface area contributed by atoms with Gasteiger partial charge < -0.3 is 10.2 Å². The lowest BCUT2D eigenvalue weighted by Gasteiger charge is -2.22. The Bertz CT molecular complexity index is 582. The van der Waals surface area contributed by atoms with E-state index >= 15 is 0 Å². The third-order valence-electron chi connectivity index (χ3n) is 4.15. The Morgan fingerprint density at radius 2 is 1.75 bits per heavy atom. The molecule has 0 radical (unpaired) electrons. The van der Waals surface area contributed by atoms with Gasteiger partial charge in [-0.1, -0.05) is 6.92 Å². The molecular formula is C18H25N3O3. The van der Waals surface area contributed by atoms with E-state index in [1.807, 2.05) is 12.1 Å². The van der Waals surface area contributed by atoms with Gasteiger partial charge in [0, 0.05) is 50.3 Å². The smallest absolute Gasteiger partial charge is 0.251 e. The van der Waals surface area contributed by atoms with Gasteiger partial charge in [0.1, 0.15) is 0 Å². The van der Waals surface area contributed by atoms with Crippen LogP contribution in [-0.4, -0.2) is 48.8 Å². The molecule has 130 valence electrons. The topological polar surface area (TPSA) is 69.7 Å². The highest BCUT2D eigenvalue weighted by Gasteiger charge is 2.28. The first kappa shape index (κ1) is 18.0. The predicted octanol–water partition coefficient (Wildman–Crippen LogP) is 1.80. The molecule has 1 aliphatic heterocycles. The summed E-state index contributed by atoms with van der Waals surface area (Å²) >= 11 is 0. The number of likely N-dealkylation sites (tertiary alicyclic amines) is 1. The van der Waals surface area contributed by atoms with Crippen LogP contribution >= 0.6 is 0 Å². The average Bonchev–Trinajstić information content (AvgIpc) is 2.91. The van der Waals surface area contributed by atoms with Crippen LogP contribution < -0.4 is 10.2 Å². The van der Waals surface area contributed by atoms with Crippen LogP contribution in [0.2, 0.25) is 0 Å². The van der Waals surface area contributed by atoms with Crippen LogP contribution in [-0.2, 0) is 9.59 Å². The van der Waals surface area contributed by atoms with Crippen LogP contribution in [0.5, 0.6) is 0 Å². The van der Waals surface area contributed by atoms with E-state index in [1.54, 1.807) is 12.1 Å². The summed E-state index contributed by atoms with van der Waals surface area (Å²) in [6.07, 6.45) is 1.63. The minimum atomic E-state index is -0.195. The van der Waals surface area contributed by atoms with Crippen LogP contribution in [0.15, 0.2) is 24.3 Å². The van der Waals surface area contributed by atoms with Gasteiger partial charge in [-0.05, 0) is 37.6 Å². The molecule has 0 bridgehead atoms. The second kappa shape index (κ2) is 8.47. The number of hydrogen-bond acceptors (Lipinski definition) is 4. The summed E-state index contributed by atoms with van der Waals surface area (Å²) in [6.45, 7) is 6.67. The van der Waals surface area contributed by atoms with Crippen molar-refractivity contribution in [2.24, 2.45) is 0 Å². The molecule has 1 N–H and O–H groups in total. The monoisotopic (exact) mass is 331 g/mol. The summed E-state index contributed by atoms with van der Waals surface area (Å²) in [5, 5.41) is 2.76. The molecule has 2 rings (SSSR count). The number of rotatable bonds is 8. The Hall–Kier alpha value is -2.37. The first-order valence-electron chi connectivity index (χ1n) is 8.53. The number of imide groups is 1. The summed E-state index contributed by atoms with van der Waals surface area (Å²) in [6, 6.07) is 7.49. The van der Waals surface area contributed by atoms with Gasteiger partial charge in [0.2, 0.25) is 11.8 Å². The summed E-state index contributed by atoms with van der Waals surface area (Å²) in [5.74, 6) is -0.512. The van der Waals surface area contributed by atoms with Crippen molar-refractivity contribution in [2.75, 3.05) is 31.1 Å². The van der Waals surface area contributed by atoms with E-state index in [2.05, 4.69) is 24.1 Å². The molecule has 0 spiro atoms. The van der Waals surface area contributed by atoms with Gasteiger partial charge in [-0.25, -0.2) is 0 Å². The number of amides is 3. The maximum Gasteiger partial charge on any atom is 0.251 e. The SMILES string of the molecule is CCCN(CC)c1ccc(C(=O)NCCN2C(=O)CCC2=O)cc1. The lowest BCUT2D eigenvalue weighted by atomic mass is 10.1. The van der Waals surface area contributed by atoms with Gasteiger partial charge in [-0.15, -0.1) is 0 Å². The Morgan fingerprint density at radius 3 is 2.29 bits per heavy atom. The first-order valence-corrected chi connectivity index (χ1v) is 8.53. The zero-order chi connectivity index (χ0) is 17.5. The maximum absolute atomic E-state index is 12.1. The Balaban J connectivity index is 1.86. The van der Waals surface area contributed by atoms with E-state index in [4.69, 9.17) is 0 Å². The van der Waals surface area contributed by atoms with Crippen molar-refractivity contribution in [3.63, 3.8) is 0 Å². The number of hydrogen-bond donors (Lipinski definition) is 1. The van der Waals surface area contributed by atoms with Crippen LogP contribution in [0.25, 0.3) is 0 Å². The fourth-order valence-electron chi connectivity index (χ4n) is 2.82. The van der Waals surface area contributed by atoms with Gasteiger partial charge in [-0.2, -0.15) is 0 Å². The molecule has 1 aromatic rings. The number of carbonyl (C=O) groups is 3. The van der Waals surface area contributed by atoms with E-state index in [9.17, 15) is 14.4 Å². The van der Waals surface area contributed by atoms with E-state index in [0.717, 1.165) is 25.2 Å². The summed E-state index contributed by atoms with van der Waals surface area (Å²) < 4.78 is 0. The molecule has 0 aliphatic carbocycles. The summed E-state index contributed by atoms with van der Waals surface area (Å²) in [7, 11) is 0. The van der Waals surface area contributed by atoms with Crippen LogP contribution in [0.3, 0.4) is 0 Å². The van der Waals surface area contributed by atoms with Crippen molar-refractivity contribution in [2.45, 2.75) is 33.1 Å². The standard InChI is InChI=1S/C18H25N3O3/c1-3-12-20(4-2)15-7-5-14(6-8-15)18(24)19-11-13-21-16(22)9-10-17(21)23/h5-8H,3-4,9-13H2,1-2H3,(H,19,24). The zero-order valence-electron chi connectivity index (χ0n) is 14.4. The van der Waals surface area contributed by atoms with Crippen molar-refractivity contribution < 1.29 is 14.4 Å². The van der Waals surface area contributed by atoms with Gasteiger partial charge in [0.15, 0.2) is 0 Å². The molecular weight excluding hydrogens is 306 g/mol. The van der Waals surface area contributed by atoms with Crippen molar-refractivity contribution in [3.05, 3.63) is 29.8 Å². The van der Waals surface area contributed by atoms with Gasteiger partial charge in [-0.3, -0.25) is 19.3 Å². The second-order valence-electron chi connectivity index (χ2n) is 5.82. The van der Waals surface area contributed by atoms with Gasteiger partial charge in [0.25, 0.3) is 5.91 Å². The van der Waals surface area contributed by atoms with Crippen LogP contribution in [0, 0.1) is 0 Å². The average molecular weight is 331 g/mol. The molecule has 0 unspecified atom stereocenters. The molecule has 1 heterocycles. The predicted molar refractivity (Wildman–Crippen MR) is 92.9 cm³/mol. The highest BCUT2D eigenvalue weighted by Crippen LogP contribution is 2.15. The van der Waals surface area contributed by atoms with Crippen molar-refractivity contribution in [1.29, 1.82) is 0 Å². The fraction of sp³-hybridized carbons (Fsp3) is 0.500. The molecule has 6 heteroatoms. The lowest BCUT2D eigenvalue weighted by Crippen LogP contribution is -2.37. The highest BCUT2D eigenvalue weighted by atomic mass is 16.2. The van der Waals surface area contributed by atoms with Crippen molar-refractivity contribution in [3.8, 4) is 0 Å². The minimum absolute atomic E-state index is 0.158. The normalized spacial score (nSPS) is 14.2. The van der Waals surface area contributed by atoms with Gasteiger partial charge in [0.05, 0.1) is 0 Å². The largest absolute Gasteiger partial charge is 0.372 e. The Morgan fingerprint density at radius 1 is 1.12 bits per heavy atom. The van der Waals surface area contributed by atoms with Gasteiger partial charge >= 0.3 is 0 Å². The quantitative estimate of drug-likeness (QED) is 0.738. The molecule has 0 saturated carbocycles. The third-order valence-corrected chi connectivity index (χ3v) is 4.15. The number of benzene rings is 1. The van der Waals surface area contributed by atoms with E-state index < -0.39 is 0 Å². The van der Waals surface area contributed by atoms with E-state index in [0.29, 0.717) is 5.56 Å². The molecule has 1 aliphatic rings. The van der Waals surface area contributed by atoms with E-state index in [-0.39, 0.29) is 43.7 Å². The van der Waals surface area contributed by atoms with Crippen molar-refractivity contribution >= 4 is 23.4 Å². The number of anilines is 1. The summed E-state index contributed by atoms with van der Waals surface area (Å²) in [5.41, 5.74) is 1.68. The minimum Gasteiger partial charge on any atom is -0.372 e. The third kappa shape index (κ3) is 4.34. The number of nitrogens with zero attached hydrogens (tertiary/aromatic N) is 2. The number of carbonyl (C=O) groups excluding carboxylic acids is 3. The fourth-order valence-corrected chi connectivity index (χ4v) is 2.82. The molecule has 6 nitrogen and oxygen atoms in total. The molecule has 0 atom stereocenters. The maximum atomic E-state index is 12.1. The highest BCUT2D eigenvalue weighted by molar-refractivity contribution is 6.02. The van der Waals surface area contributed by atoms with Crippen LogP contribution in [0.1, 0.15) is 43.5 Å². The van der Waals surface area contributed by atoms with Crippen molar-refractivity contribution in [1.82, 2.24) is 10.2 Å². The molecule has 0 aromatic heterocycles. The zero-order valence-corrected chi connectivity index (χ0v) is 14.4. The Kier molecular flexibility index (Phi) is 6.35. The molecule has 3 amide bonds. The first-order chi connectivity index (χ1) is 11.6. The lowest BCUT2D eigenvalue weighted by molar-refractivity contribution is -0.138. The Labute approximate surface area is 142 Å². The molecule has 1 aromatic carbocycles.